The summed E-state index contributed by atoms with van der Waals surface area (Å²) in [5.74, 6) is -0.346. The smallest absolute Gasteiger partial charge is 0.251 e. The quantitative estimate of drug-likeness (QED) is 0.797. The van der Waals surface area contributed by atoms with Gasteiger partial charge in [-0.05, 0) is 31.5 Å². The average molecular weight is 268 g/mol. The largest absolute Gasteiger partial charge is 0.348 e. The van der Waals surface area contributed by atoms with Crippen LogP contribution >= 0.6 is 0 Å². The number of nitrogens with two attached hydrogens (primary N) is 1. The third-order valence-electron chi connectivity index (χ3n) is 2.33. The Hall–Kier alpha value is -1.66. The molecule has 0 fully saturated rings. The highest BCUT2D eigenvalue weighted by molar-refractivity contribution is 7.89. The Morgan fingerprint density at radius 2 is 2.06 bits per heavy atom. The van der Waals surface area contributed by atoms with E-state index in [2.05, 4.69) is 11.9 Å². The predicted octanol–water partition coefficient (Wildman–Crippen LogP) is 0.948. The molecule has 0 heterocycles. The lowest BCUT2D eigenvalue weighted by Crippen LogP contribution is -2.26. The van der Waals surface area contributed by atoms with Crippen LogP contribution in [0, 0.1) is 6.92 Å². The molecule has 1 aromatic carbocycles. The van der Waals surface area contributed by atoms with Crippen LogP contribution in [-0.4, -0.2) is 20.9 Å². The SMILES string of the molecule is C=C(C)CNC(=O)c1cc(S(N)(=O)=O)ccc1C. The van der Waals surface area contributed by atoms with Crippen LogP contribution in [0.15, 0.2) is 35.2 Å². The van der Waals surface area contributed by atoms with Crippen molar-refractivity contribution in [2.45, 2.75) is 18.7 Å². The predicted molar refractivity (Wildman–Crippen MR) is 69.7 cm³/mol. The van der Waals surface area contributed by atoms with Gasteiger partial charge in [0.05, 0.1) is 4.90 Å². The van der Waals surface area contributed by atoms with Gasteiger partial charge < -0.3 is 5.32 Å². The molecule has 18 heavy (non-hydrogen) atoms. The van der Waals surface area contributed by atoms with E-state index in [4.69, 9.17) is 5.14 Å². The minimum absolute atomic E-state index is 0.0754. The van der Waals surface area contributed by atoms with Crippen molar-refractivity contribution in [1.29, 1.82) is 0 Å². The molecule has 0 atom stereocenters. The number of rotatable bonds is 4. The van der Waals surface area contributed by atoms with Gasteiger partial charge in [-0.2, -0.15) is 0 Å². The van der Waals surface area contributed by atoms with Gasteiger partial charge in [0.2, 0.25) is 10.0 Å². The summed E-state index contributed by atoms with van der Waals surface area (Å²) < 4.78 is 22.4. The van der Waals surface area contributed by atoms with Crippen LogP contribution < -0.4 is 10.5 Å². The minimum Gasteiger partial charge on any atom is -0.348 e. The van der Waals surface area contributed by atoms with E-state index in [1.807, 2.05) is 0 Å². The van der Waals surface area contributed by atoms with Crippen molar-refractivity contribution in [3.8, 4) is 0 Å². The first-order valence-electron chi connectivity index (χ1n) is 5.28. The zero-order chi connectivity index (χ0) is 13.9. The van der Waals surface area contributed by atoms with Gasteiger partial charge in [-0.15, -0.1) is 0 Å². The molecular formula is C12H16N2O3S. The van der Waals surface area contributed by atoms with Crippen LogP contribution in [0.25, 0.3) is 0 Å². The van der Waals surface area contributed by atoms with Crippen molar-refractivity contribution in [3.05, 3.63) is 41.5 Å². The monoisotopic (exact) mass is 268 g/mol. The molecule has 6 heteroatoms. The summed E-state index contributed by atoms with van der Waals surface area (Å²) in [7, 11) is -3.80. The van der Waals surface area contributed by atoms with Gasteiger partial charge in [-0.25, -0.2) is 13.6 Å². The van der Waals surface area contributed by atoms with Gasteiger partial charge in [0, 0.05) is 12.1 Å². The fourth-order valence-corrected chi connectivity index (χ4v) is 1.89. The molecule has 0 aliphatic rings. The van der Waals surface area contributed by atoms with E-state index in [0.717, 1.165) is 5.57 Å². The first-order chi connectivity index (χ1) is 8.21. The Labute approximate surface area is 107 Å². The minimum atomic E-state index is -3.80. The maximum Gasteiger partial charge on any atom is 0.251 e. The summed E-state index contributed by atoms with van der Waals surface area (Å²) >= 11 is 0. The highest BCUT2D eigenvalue weighted by Crippen LogP contribution is 2.14. The zero-order valence-electron chi connectivity index (χ0n) is 10.4. The van der Waals surface area contributed by atoms with Crippen LogP contribution in [0.2, 0.25) is 0 Å². The molecule has 0 unspecified atom stereocenters. The Balaban J connectivity index is 3.08. The second-order valence-corrected chi connectivity index (χ2v) is 5.72. The van der Waals surface area contributed by atoms with Gasteiger partial charge in [0.1, 0.15) is 0 Å². The number of benzene rings is 1. The number of primary sulfonamides is 1. The summed E-state index contributed by atoms with van der Waals surface area (Å²) in [4.78, 5) is 11.8. The number of carbonyl (C=O) groups excluding carboxylic acids is 1. The van der Waals surface area contributed by atoms with Crippen LogP contribution in [0.3, 0.4) is 0 Å². The molecule has 0 aliphatic heterocycles. The van der Waals surface area contributed by atoms with Gasteiger partial charge in [0.15, 0.2) is 0 Å². The lowest BCUT2D eigenvalue weighted by atomic mass is 10.1. The highest BCUT2D eigenvalue weighted by atomic mass is 32.2. The van der Waals surface area contributed by atoms with Gasteiger partial charge in [0.25, 0.3) is 5.91 Å². The third-order valence-corrected chi connectivity index (χ3v) is 3.24. The molecule has 0 bridgehead atoms. The molecule has 0 saturated heterocycles. The van der Waals surface area contributed by atoms with E-state index in [-0.39, 0.29) is 10.8 Å². The average Bonchev–Trinajstić information content (AvgIpc) is 2.24. The Kier molecular flexibility index (Phi) is 4.26. The zero-order valence-corrected chi connectivity index (χ0v) is 11.2. The topological polar surface area (TPSA) is 89.3 Å². The number of hydrogen-bond donors (Lipinski definition) is 2. The van der Waals surface area contributed by atoms with Crippen LogP contribution in [0.1, 0.15) is 22.8 Å². The van der Waals surface area contributed by atoms with Crippen LogP contribution in [0.5, 0.6) is 0 Å². The number of amides is 1. The van der Waals surface area contributed by atoms with Crippen LogP contribution in [-0.2, 0) is 10.0 Å². The van der Waals surface area contributed by atoms with Gasteiger partial charge in [-0.1, -0.05) is 18.2 Å². The standard InChI is InChI=1S/C12H16N2O3S/c1-8(2)7-14-12(15)11-6-10(18(13,16)17)5-4-9(11)3/h4-6H,1,7H2,2-3H3,(H,14,15)(H2,13,16,17). The molecule has 1 amide bonds. The molecule has 0 spiro atoms. The van der Waals surface area contributed by atoms with Crippen molar-refractivity contribution < 1.29 is 13.2 Å². The Bertz CT molecular complexity index is 591. The summed E-state index contributed by atoms with van der Waals surface area (Å²) in [5.41, 5.74) is 1.79. The van der Waals surface area contributed by atoms with Crippen molar-refractivity contribution in [2.24, 2.45) is 5.14 Å². The normalized spacial score (nSPS) is 11.1. The number of nitrogens with one attached hydrogen (secondary N) is 1. The second-order valence-electron chi connectivity index (χ2n) is 4.16. The number of hydrogen-bond acceptors (Lipinski definition) is 3. The first-order valence-corrected chi connectivity index (χ1v) is 6.82. The molecule has 0 aromatic heterocycles. The number of carbonyl (C=O) groups is 1. The van der Waals surface area contributed by atoms with Crippen molar-refractivity contribution in [3.63, 3.8) is 0 Å². The molecule has 0 radical (unpaired) electrons. The summed E-state index contributed by atoms with van der Waals surface area (Å²) in [6, 6.07) is 4.20. The van der Waals surface area contributed by atoms with E-state index in [0.29, 0.717) is 17.7 Å². The van der Waals surface area contributed by atoms with E-state index in [1.54, 1.807) is 19.9 Å². The molecule has 1 aromatic rings. The molecule has 0 aliphatic carbocycles. The fraction of sp³-hybridized carbons (Fsp3) is 0.250. The third kappa shape index (κ3) is 3.68. The summed E-state index contributed by atoms with van der Waals surface area (Å²) in [5, 5.41) is 7.67. The Morgan fingerprint density at radius 1 is 1.44 bits per heavy atom. The van der Waals surface area contributed by atoms with Crippen molar-refractivity contribution in [1.82, 2.24) is 5.32 Å². The van der Waals surface area contributed by atoms with E-state index >= 15 is 0 Å². The van der Waals surface area contributed by atoms with Gasteiger partial charge in [-0.3, -0.25) is 4.79 Å². The lowest BCUT2D eigenvalue weighted by Gasteiger charge is -2.09. The van der Waals surface area contributed by atoms with Crippen molar-refractivity contribution >= 4 is 15.9 Å². The van der Waals surface area contributed by atoms with Crippen molar-refractivity contribution in [2.75, 3.05) is 6.54 Å². The summed E-state index contributed by atoms with van der Waals surface area (Å²) in [6.07, 6.45) is 0. The lowest BCUT2D eigenvalue weighted by molar-refractivity contribution is 0.0956. The molecule has 3 N–H and O–H groups in total. The maximum absolute atomic E-state index is 11.9. The maximum atomic E-state index is 11.9. The molecule has 0 saturated carbocycles. The van der Waals surface area contributed by atoms with Gasteiger partial charge >= 0.3 is 0 Å². The number of sulfonamides is 1. The molecule has 98 valence electrons. The highest BCUT2D eigenvalue weighted by Gasteiger charge is 2.14. The van der Waals surface area contributed by atoms with E-state index in [9.17, 15) is 13.2 Å². The molecular weight excluding hydrogens is 252 g/mol. The fourth-order valence-electron chi connectivity index (χ4n) is 1.35. The van der Waals surface area contributed by atoms with E-state index < -0.39 is 10.0 Å². The molecule has 1 rings (SSSR count). The second kappa shape index (κ2) is 5.32. The molecule has 5 nitrogen and oxygen atoms in total. The number of aryl methyl sites for hydroxylation is 1. The Morgan fingerprint density at radius 3 is 2.56 bits per heavy atom. The van der Waals surface area contributed by atoms with Crippen LogP contribution in [0.4, 0.5) is 0 Å². The van der Waals surface area contributed by atoms with E-state index in [1.165, 1.54) is 12.1 Å². The first kappa shape index (κ1) is 14.4. The summed E-state index contributed by atoms with van der Waals surface area (Å²) in [6.45, 7) is 7.52.